The summed E-state index contributed by atoms with van der Waals surface area (Å²) < 4.78 is 5.83. The van der Waals surface area contributed by atoms with Crippen LogP contribution in [0.15, 0.2) is 24.3 Å². The van der Waals surface area contributed by atoms with Gasteiger partial charge in [-0.1, -0.05) is 23.7 Å². The molecule has 1 amide bonds. The van der Waals surface area contributed by atoms with Crippen molar-refractivity contribution >= 4 is 17.5 Å². The molecule has 1 atom stereocenters. The summed E-state index contributed by atoms with van der Waals surface area (Å²) in [5.41, 5.74) is 1.11. The average Bonchev–Trinajstić information content (AvgIpc) is 2.58. The van der Waals surface area contributed by atoms with Crippen LogP contribution in [0, 0.1) is 11.3 Å². The number of hydrogen-bond acceptors (Lipinski definition) is 4. The van der Waals surface area contributed by atoms with Crippen LogP contribution in [0.4, 0.5) is 0 Å². The summed E-state index contributed by atoms with van der Waals surface area (Å²) >= 11 is 5.92. The Morgan fingerprint density at radius 1 is 1.48 bits per heavy atom. The van der Waals surface area contributed by atoms with Crippen LogP contribution in [-0.2, 0) is 9.53 Å². The molecule has 23 heavy (non-hydrogen) atoms. The summed E-state index contributed by atoms with van der Waals surface area (Å²) in [6.45, 7) is 3.47. The van der Waals surface area contributed by atoms with Gasteiger partial charge >= 0.3 is 0 Å². The highest BCUT2D eigenvalue weighted by Crippen LogP contribution is 2.23. The Balaban J connectivity index is 1.81. The molecule has 0 unspecified atom stereocenters. The second-order valence-corrected chi connectivity index (χ2v) is 6.12. The van der Waals surface area contributed by atoms with Crippen LogP contribution in [0.25, 0.3) is 0 Å². The largest absolute Gasteiger partial charge is 0.371 e. The summed E-state index contributed by atoms with van der Waals surface area (Å²) in [6.07, 6.45) is 0.862. The van der Waals surface area contributed by atoms with E-state index in [1.165, 1.54) is 0 Å². The lowest BCUT2D eigenvalue weighted by Gasteiger charge is -2.33. The van der Waals surface area contributed by atoms with Gasteiger partial charge in [0.15, 0.2) is 0 Å². The molecule has 0 saturated carbocycles. The first-order chi connectivity index (χ1) is 11.1. The molecule has 0 spiro atoms. The number of nitriles is 1. The first-order valence-corrected chi connectivity index (χ1v) is 8.18. The Morgan fingerprint density at radius 2 is 2.22 bits per heavy atom. The first kappa shape index (κ1) is 17.7. The molecule has 0 N–H and O–H groups in total. The number of ether oxygens (including phenoxy) is 1. The van der Waals surface area contributed by atoms with Crippen molar-refractivity contribution in [1.29, 1.82) is 5.26 Å². The van der Waals surface area contributed by atoms with E-state index in [0.29, 0.717) is 37.6 Å². The fraction of sp³-hybridized carbons (Fsp3) is 0.529. The molecule has 0 aliphatic carbocycles. The van der Waals surface area contributed by atoms with Crippen LogP contribution in [0.3, 0.4) is 0 Å². The maximum Gasteiger partial charge on any atom is 0.223 e. The van der Waals surface area contributed by atoms with E-state index in [-0.39, 0.29) is 12.0 Å². The maximum absolute atomic E-state index is 12.0. The Bertz CT molecular complexity index is 556. The number of carbonyl (C=O) groups excluding carboxylic acids is 1. The molecule has 1 saturated heterocycles. The van der Waals surface area contributed by atoms with Gasteiger partial charge in [-0.15, -0.1) is 0 Å². The minimum Gasteiger partial charge on any atom is -0.371 e. The summed E-state index contributed by atoms with van der Waals surface area (Å²) in [7, 11) is 1.75. The number of carbonyl (C=O) groups is 1. The monoisotopic (exact) mass is 335 g/mol. The van der Waals surface area contributed by atoms with Crippen molar-refractivity contribution in [2.24, 2.45) is 0 Å². The second kappa shape index (κ2) is 8.88. The fourth-order valence-electron chi connectivity index (χ4n) is 2.57. The van der Waals surface area contributed by atoms with Crippen molar-refractivity contribution in [3.05, 3.63) is 34.9 Å². The molecule has 0 aromatic heterocycles. The van der Waals surface area contributed by atoms with E-state index in [1.54, 1.807) is 11.9 Å². The lowest BCUT2D eigenvalue weighted by molar-refractivity contribution is -0.130. The van der Waals surface area contributed by atoms with Gasteiger partial charge < -0.3 is 9.64 Å². The summed E-state index contributed by atoms with van der Waals surface area (Å²) in [5.74, 6) is 0.0785. The lowest BCUT2D eigenvalue weighted by Crippen LogP contribution is -2.40. The molecule has 0 bridgehead atoms. The second-order valence-electron chi connectivity index (χ2n) is 5.68. The highest BCUT2D eigenvalue weighted by molar-refractivity contribution is 6.30. The van der Waals surface area contributed by atoms with E-state index in [0.717, 1.165) is 18.7 Å². The van der Waals surface area contributed by atoms with Gasteiger partial charge in [0.05, 0.1) is 25.2 Å². The highest BCUT2D eigenvalue weighted by atomic mass is 35.5. The third kappa shape index (κ3) is 5.51. The molecule has 5 nitrogen and oxygen atoms in total. The zero-order valence-corrected chi connectivity index (χ0v) is 14.1. The van der Waals surface area contributed by atoms with Crippen LogP contribution in [-0.4, -0.2) is 55.5 Å². The van der Waals surface area contributed by atoms with Crippen molar-refractivity contribution in [1.82, 2.24) is 9.80 Å². The van der Waals surface area contributed by atoms with Crippen LogP contribution in [0.5, 0.6) is 0 Å². The van der Waals surface area contributed by atoms with Gasteiger partial charge in [-0.05, 0) is 17.7 Å². The van der Waals surface area contributed by atoms with Crippen LogP contribution in [0.2, 0.25) is 5.02 Å². The average molecular weight is 336 g/mol. The molecule has 2 rings (SSSR count). The van der Waals surface area contributed by atoms with Crippen LogP contribution >= 0.6 is 11.6 Å². The third-order valence-electron chi connectivity index (χ3n) is 4.02. The molecule has 1 heterocycles. The van der Waals surface area contributed by atoms with Crippen LogP contribution < -0.4 is 0 Å². The topological polar surface area (TPSA) is 56.6 Å². The molecule has 124 valence electrons. The van der Waals surface area contributed by atoms with Crippen LogP contribution in [0.1, 0.15) is 24.5 Å². The van der Waals surface area contributed by atoms with E-state index in [2.05, 4.69) is 11.0 Å². The molecule has 6 heteroatoms. The van der Waals surface area contributed by atoms with E-state index >= 15 is 0 Å². The Morgan fingerprint density at radius 3 is 2.91 bits per heavy atom. The quantitative estimate of drug-likeness (QED) is 0.801. The highest BCUT2D eigenvalue weighted by Gasteiger charge is 2.22. The van der Waals surface area contributed by atoms with Gasteiger partial charge in [0.1, 0.15) is 0 Å². The molecule has 1 fully saturated rings. The predicted molar refractivity (Wildman–Crippen MR) is 89.1 cm³/mol. The van der Waals surface area contributed by atoms with Crippen molar-refractivity contribution < 1.29 is 9.53 Å². The molecule has 1 aromatic rings. The zero-order chi connectivity index (χ0) is 16.7. The van der Waals surface area contributed by atoms with E-state index in [4.69, 9.17) is 21.6 Å². The molecular formula is C17H22ClN3O2. The van der Waals surface area contributed by atoms with Gasteiger partial charge in [0.25, 0.3) is 0 Å². The molecule has 1 aliphatic rings. The van der Waals surface area contributed by atoms with Crippen molar-refractivity contribution in [3.63, 3.8) is 0 Å². The number of nitrogens with zero attached hydrogens (tertiary/aromatic N) is 3. The Hall–Kier alpha value is -1.61. The number of hydrogen-bond donors (Lipinski definition) is 0. The van der Waals surface area contributed by atoms with Gasteiger partial charge in [-0.25, -0.2) is 0 Å². The Kier molecular flexibility index (Phi) is 6.85. The van der Waals surface area contributed by atoms with Crippen molar-refractivity contribution in [3.8, 4) is 6.07 Å². The van der Waals surface area contributed by atoms with E-state index in [9.17, 15) is 4.79 Å². The van der Waals surface area contributed by atoms with Crippen molar-refractivity contribution in [2.45, 2.75) is 18.9 Å². The van der Waals surface area contributed by atoms with Gasteiger partial charge in [-0.3, -0.25) is 9.69 Å². The van der Waals surface area contributed by atoms with Gasteiger partial charge in [0.2, 0.25) is 5.91 Å². The molecule has 0 radical (unpaired) electrons. The molecule has 1 aliphatic heterocycles. The minimum absolute atomic E-state index is 0.0208. The molecule has 1 aromatic carbocycles. The predicted octanol–water partition coefficient (Wildman–Crippen LogP) is 2.48. The summed E-state index contributed by atoms with van der Waals surface area (Å²) in [5, 5.41) is 9.28. The third-order valence-corrected chi connectivity index (χ3v) is 4.27. The number of benzene rings is 1. The number of halogens is 1. The number of rotatable bonds is 6. The zero-order valence-electron chi connectivity index (χ0n) is 13.4. The minimum atomic E-state index is 0.0208. The summed E-state index contributed by atoms with van der Waals surface area (Å²) in [6, 6.07) is 9.76. The maximum atomic E-state index is 12.0. The summed E-state index contributed by atoms with van der Waals surface area (Å²) in [4.78, 5) is 15.9. The van der Waals surface area contributed by atoms with E-state index < -0.39 is 0 Å². The first-order valence-electron chi connectivity index (χ1n) is 7.80. The number of morpholine rings is 1. The Labute approximate surface area is 142 Å². The van der Waals surface area contributed by atoms with E-state index in [1.807, 2.05) is 24.3 Å². The van der Waals surface area contributed by atoms with Crippen molar-refractivity contribution in [2.75, 3.05) is 39.8 Å². The lowest BCUT2D eigenvalue weighted by atomic mass is 10.1. The fourth-order valence-corrected chi connectivity index (χ4v) is 2.70. The smallest absolute Gasteiger partial charge is 0.223 e. The standard InChI is InChI=1S/C17H22ClN3O2/c1-20(9-2-8-19)17(22)7-10-21-11-12-23-16(13-21)14-3-5-15(18)6-4-14/h3-6,16H,2,7,9-13H2,1H3/t16-/m0/s1. The van der Waals surface area contributed by atoms with Gasteiger partial charge in [0, 0.05) is 44.7 Å². The number of amides is 1. The normalized spacial score (nSPS) is 18.4. The SMILES string of the molecule is CN(CCC#N)C(=O)CCN1CCO[C@H](c2ccc(Cl)cc2)C1. The molecular weight excluding hydrogens is 314 g/mol. The van der Waals surface area contributed by atoms with Gasteiger partial charge in [-0.2, -0.15) is 5.26 Å².